The molecular formula is C17H16BrNO3. The number of nitrogens with one attached hydrogen (secondary N) is 1. The molecule has 0 atom stereocenters. The van der Waals surface area contributed by atoms with Gasteiger partial charge in [0, 0.05) is 19.0 Å². The number of hydrogen-bond acceptors (Lipinski definition) is 3. The third-order valence-electron chi connectivity index (χ3n) is 3.01. The van der Waals surface area contributed by atoms with E-state index in [9.17, 15) is 9.59 Å². The summed E-state index contributed by atoms with van der Waals surface area (Å²) in [5.41, 5.74) is 1.53. The second-order valence-electron chi connectivity index (χ2n) is 4.75. The first kappa shape index (κ1) is 16.2. The summed E-state index contributed by atoms with van der Waals surface area (Å²) in [6.07, 6.45) is 0. The van der Waals surface area contributed by atoms with Crippen LogP contribution in [0.1, 0.15) is 22.8 Å². The van der Waals surface area contributed by atoms with Gasteiger partial charge >= 0.3 is 0 Å². The number of carbonyl (C=O) groups is 2. The number of carbonyl (C=O) groups excluding carboxylic acids is 2. The summed E-state index contributed by atoms with van der Waals surface area (Å²) < 4.78 is 6.32. The highest BCUT2D eigenvalue weighted by atomic mass is 79.9. The van der Waals surface area contributed by atoms with Crippen LogP contribution in [0.3, 0.4) is 0 Å². The second kappa shape index (κ2) is 7.75. The van der Waals surface area contributed by atoms with Crippen LogP contribution in [-0.4, -0.2) is 18.3 Å². The van der Waals surface area contributed by atoms with Gasteiger partial charge in [0.2, 0.25) is 5.91 Å². The van der Waals surface area contributed by atoms with Crippen molar-refractivity contribution in [1.82, 2.24) is 5.32 Å². The molecular weight excluding hydrogens is 346 g/mol. The third kappa shape index (κ3) is 4.70. The lowest BCUT2D eigenvalue weighted by molar-refractivity contribution is -0.119. The van der Waals surface area contributed by atoms with Crippen molar-refractivity contribution in [2.75, 3.05) is 6.61 Å². The molecule has 0 saturated carbocycles. The van der Waals surface area contributed by atoms with E-state index < -0.39 is 0 Å². The molecule has 0 spiro atoms. The molecule has 0 unspecified atom stereocenters. The van der Waals surface area contributed by atoms with E-state index in [-0.39, 0.29) is 18.3 Å². The number of benzene rings is 2. The van der Waals surface area contributed by atoms with Gasteiger partial charge in [-0.15, -0.1) is 0 Å². The molecule has 0 aromatic heterocycles. The Morgan fingerprint density at radius 2 is 1.77 bits per heavy atom. The molecule has 0 aliphatic rings. The standard InChI is InChI=1S/C17H16BrNO3/c1-12(20)19-10-13-6-8-14(9-7-13)16(21)11-22-17-5-3-2-4-15(17)18/h2-9H,10-11H2,1H3,(H,19,20). The number of amides is 1. The van der Waals surface area contributed by atoms with Crippen LogP contribution in [0, 0.1) is 0 Å². The van der Waals surface area contributed by atoms with E-state index in [0.29, 0.717) is 17.9 Å². The van der Waals surface area contributed by atoms with Gasteiger partial charge in [0.1, 0.15) is 5.75 Å². The number of hydrogen-bond donors (Lipinski definition) is 1. The molecule has 1 amide bonds. The fraction of sp³-hybridized carbons (Fsp3) is 0.176. The third-order valence-corrected chi connectivity index (χ3v) is 3.67. The molecule has 0 saturated heterocycles. The SMILES string of the molecule is CC(=O)NCc1ccc(C(=O)COc2ccccc2Br)cc1. The molecule has 0 bridgehead atoms. The van der Waals surface area contributed by atoms with E-state index in [1.165, 1.54) is 6.92 Å². The second-order valence-corrected chi connectivity index (χ2v) is 5.60. The van der Waals surface area contributed by atoms with Crippen molar-refractivity contribution in [2.45, 2.75) is 13.5 Å². The summed E-state index contributed by atoms with van der Waals surface area (Å²) in [6, 6.07) is 14.5. The van der Waals surface area contributed by atoms with E-state index in [0.717, 1.165) is 10.0 Å². The van der Waals surface area contributed by atoms with Crippen molar-refractivity contribution in [3.05, 3.63) is 64.1 Å². The highest BCUT2D eigenvalue weighted by Gasteiger charge is 2.08. The Morgan fingerprint density at radius 1 is 1.09 bits per heavy atom. The highest BCUT2D eigenvalue weighted by molar-refractivity contribution is 9.10. The number of ketones is 1. The van der Waals surface area contributed by atoms with Gasteiger partial charge in [-0.25, -0.2) is 0 Å². The zero-order valence-electron chi connectivity index (χ0n) is 12.1. The highest BCUT2D eigenvalue weighted by Crippen LogP contribution is 2.23. The van der Waals surface area contributed by atoms with Crippen molar-refractivity contribution in [2.24, 2.45) is 0 Å². The molecule has 5 heteroatoms. The maximum absolute atomic E-state index is 12.1. The smallest absolute Gasteiger partial charge is 0.217 e. The Hall–Kier alpha value is -2.14. The lowest BCUT2D eigenvalue weighted by Gasteiger charge is -2.08. The molecule has 2 rings (SSSR count). The predicted octanol–water partition coefficient (Wildman–Crippen LogP) is 3.35. The van der Waals surface area contributed by atoms with Crippen LogP contribution in [0.5, 0.6) is 5.75 Å². The van der Waals surface area contributed by atoms with Crippen molar-refractivity contribution < 1.29 is 14.3 Å². The van der Waals surface area contributed by atoms with Gasteiger partial charge in [-0.1, -0.05) is 36.4 Å². The Bertz CT molecular complexity index is 668. The molecule has 0 aliphatic carbocycles. The average molecular weight is 362 g/mol. The van der Waals surface area contributed by atoms with Crippen molar-refractivity contribution in [1.29, 1.82) is 0 Å². The van der Waals surface area contributed by atoms with Crippen LogP contribution in [0.4, 0.5) is 0 Å². The van der Waals surface area contributed by atoms with Crippen LogP contribution < -0.4 is 10.1 Å². The number of para-hydroxylation sites is 1. The summed E-state index contributed by atoms with van der Waals surface area (Å²) in [7, 11) is 0. The van der Waals surface area contributed by atoms with Crippen LogP contribution >= 0.6 is 15.9 Å². The number of halogens is 1. The summed E-state index contributed by atoms with van der Waals surface area (Å²) in [5.74, 6) is 0.460. The van der Waals surface area contributed by atoms with Gasteiger partial charge in [0.15, 0.2) is 12.4 Å². The lowest BCUT2D eigenvalue weighted by Crippen LogP contribution is -2.19. The topological polar surface area (TPSA) is 55.4 Å². The van der Waals surface area contributed by atoms with Gasteiger partial charge in [-0.2, -0.15) is 0 Å². The van der Waals surface area contributed by atoms with Crippen molar-refractivity contribution >= 4 is 27.6 Å². The van der Waals surface area contributed by atoms with E-state index in [1.807, 2.05) is 30.3 Å². The van der Waals surface area contributed by atoms with E-state index in [1.54, 1.807) is 18.2 Å². The van der Waals surface area contributed by atoms with Crippen molar-refractivity contribution in [3.8, 4) is 5.75 Å². The molecule has 114 valence electrons. The molecule has 2 aromatic rings. The molecule has 2 aromatic carbocycles. The zero-order chi connectivity index (χ0) is 15.9. The van der Waals surface area contributed by atoms with Gasteiger partial charge in [-0.3, -0.25) is 9.59 Å². The summed E-state index contributed by atoms with van der Waals surface area (Å²) in [6.45, 7) is 1.90. The number of Topliss-reactive ketones (excluding diaryl/α,β-unsaturated/α-hetero) is 1. The fourth-order valence-electron chi connectivity index (χ4n) is 1.82. The molecule has 0 radical (unpaired) electrons. The normalized spacial score (nSPS) is 10.1. The molecule has 0 fully saturated rings. The zero-order valence-corrected chi connectivity index (χ0v) is 13.7. The first-order valence-corrected chi connectivity index (χ1v) is 7.59. The minimum absolute atomic E-state index is 0.0202. The van der Waals surface area contributed by atoms with Crippen LogP contribution in [-0.2, 0) is 11.3 Å². The first-order chi connectivity index (χ1) is 10.6. The quantitative estimate of drug-likeness (QED) is 0.802. The molecule has 0 aliphatic heterocycles. The predicted molar refractivity (Wildman–Crippen MR) is 87.9 cm³/mol. The van der Waals surface area contributed by atoms with E-state index in [4.69, 9.17) is 4.74 Å². The maximum atomic E-state index is 12.1. The van der Waals surface area contributed by atoms with Gasteiger partial charge in [0.25, 0.3) is 0 Å². The molecule has 0 heterocycles. The fourth-order valence-corrected chi connectivity index (χ4v) is 2.22. The van der Waals surface area contributed by atoms with Gasteiger partial charge < -0.3 is 10.1 Å². The van der Waals surface area contributed by atoms with Crippen molar-refractivity contribution in [3.63, 3.8) is 0 Å². The Balaban J connectivity index is 1.92. The summed E-state index contributed by atoms with van der Waals surface area (Å²) in [4.78, 5) is 23.0. The van der Waals surface area contributed by atoms with Gasteiger partial charge in [0.05, 0.1) is 4.47 Å². The van der Waals surface area contributed by atoms with E-state index >= 15 is 0 Å². The lowest BCUT2D eigenvalue weighted by atomic mass is 10.1. The molecule has 4 nitrogen and oxygen atoms in total. The number of rotatable bonds is 6. The van der Waals surface area contributed by atoms with Crippen LogP contribution in [0.2, 0.25) is 0 Å². The average Bonchev–Trinajstić information content (AvgIpc) is 2.52. The minimum Gasteiger partial charge on any atom is -0.484 e. The van der Waals surface area contributed by atoms with Gasteiger partial charge in [-0.05, 0) is 33.6 Å². The number of ether oxygens (including phenoxy) is 1. The monoisotopic (exact) mass is 361 g/mol. The van der Waals surface area contributed by atoms with Crippen LogP contribution in [0.15, 0.2) is 53.0 Å². The van der Waals surface area contributed by atoms with E-state index in [2.05, 4.69) is 21.2 Å². The minimum atomic E-state index is -0.0955. The largest absolute Gasteiger partial charge is 0.484 e. The summed E-state index contributed by atoms with van der Waals surface area (Å²) in [5, 5.41) is 2.71. The first-order valence-electron chi connectivity index (χ1n) is 6.80. The molecule has 1 N–H and O–H groups in total. The molecule has 22 heavy (non-hydrogen) atoms. The Morgan fingerprint density at radius 3 is 2.41 bits per heavy atom. The Kier molecular flexibility index (Phi) is 5.72. The van der Waals surface area contributed by atoms with Crippen LogP contribution in [0.25, 0.3) is 0 Å². The Labute approximate surface area is 137 Å². The maximum Gasteiger partial charge on any atom is 0.217 e. The summed E-state index contributed by atoms with van der Waals surface area (Å²) >= 11 is 3.37.